The highest BCUT2D eigenvalue weighted by molar-refractivity contribution is 5.85. The van der Waals surface area contributed by atoms with E-state index in [1.165, 1.54) is 0 Å². The Morgan fingerprint density at radius 3 is 2.14 bits per heavy atom. The van der Waals surface area contributed by atoms with Gasteiger partial charge in [-0.1, -0.05) is 75.2 Å². The first kappa shape index (κ1) is 26.3. The lowest BCUT2D eigenvalue weighted by Gasteiger charge is -2.20. The van der Waals surface area contributed by atoms with Crippen molar-refractivity contribution in [3.8, 4) is 11.1 Å². The zero-order valence-electron chi connectivity index (χ0n) is 20.6. The Labute approximate surface area is 207 Å². The maximum atomic E-state index is 12.7. The van der Waals surface area contributed by atoms with Crippen molar-refractivity contribution in [2.75, 3.05) is 13.2 Å². The number of carbonyl (C=O) groups excluding carboxylic acids is 2. The van der Waals surface area contributed by atoms with Gasteiger partial charge in [-0.15, -0.1) is 0 Å². The SMILES string of the molecule is CCCC(NC(=O)OCC1c2ccccc2-c2ccccc21)C(=O)NCCC(CC)CCC(=O)O. The molecule has 0 fully saturated rings. The van der Waals surface area contributed by atoms with Crippen molar-refractivity contribution in [1.82, 2.24) is 10.6 Å². The number of rotatable bonds is 13. The molecule has 1 aliphatic rings. The van der Waals surface area contributed by atoms with E-state index in [1.807, 2.05) is 38.1 Å². The molecular weight excluding hydrogens is 444 g/mol. The highest BCUT2D eigenvalue weighted by Crippen LogP contribution is 2.44. The monoisotopic (exact) mass is 480 g/mol. The van der Waals surface area contributed by atoms with Crippen LogP contribution in [0.2, 0.25) is 0 Å². The Hall–Kier alpha value is -3.35. The predicted octanol–water partition coefficient (Wildman–Crippen LogP) is 5.09. The molecule has 2 atom stereocenters. The Morgan fingerprint density at radius 2 is 1.57 bits per heavy atom. The molecule has 3 rings (SSSR count). The average molecular weight is 481 g/mol. The Morgan fingerprint density at radius 1 is 0.943 bits per heavy atom. The van der Waals surface area contributed by atoms with Crippen LogP contribution in [0.3, 0.4) is 0 Å². The molecule has 2 aromatic carbocycles. The number of alkyl carbamates (subject to hydrolysis) is 1. The van der Waals surface area contributed by atoms with E-state index in [2.05, 4.69) is 34.9 Å². The maximum Gasteiger partial charge on any atom is 0.407 e. The van der Waals surface area contributed by atoms with Gasteiger partial charge in [0.15, 0.2) is 0 Å². The molecule has 188 valence electrons. The first-order valence-electron chi connectivity index (χ1n) is 12.6. The molecule has 2 aromatic rings. The third-order valence-corrected chi connectivity index (χ3v) is 6.73. The molecule has 7 nitrogen and oxygen atoms in total. The Bertz CT molecular complexity index is 976. The molecule has 0 heterocycles. The van der Waals surface area contributed by atoms with Crippen molar-refractivity contribution in [3.63, 3.8) is 0 Å². The molecule has 7 heteroatoms. The highest BCUT2D eigenvalue weighted by atomic mass is 16.5. The van der Waals surface area contributed by atoms with Crippen LogP contribution in [0.15, 0.2) is 48.5 Å². The van der Waals surface area contributed by atoms with Gasteiger partial charge in [0.1, 0.15) is 12.6 Å². The lowest BCUT2D eigenvalue weighted by atomic mass is 9.96. The second kappa shape index (κ2) is 12.9. The minimum Gasteiger partial charge on any atom is -0.481 e. The summed E-state index contributed by atoms with van der Waals surface area (Å²) >= 11 is 0. The number of carbonyl (C=O) groups is 3. The number of hydrogen-bond donors (Lipinski definition) is 3. The first-order valence-corrected chi connectivity index (χ1v) is 12.6. The quantitative estimate of drug-likeness (QED) is 0.370. The number of fused-ring (bicyclic) bond motifs is 3. The number of ether oxygens (including phenoxy) is 1. The van der Waals surface area contributed by atoms with Crippen molar-refractivity contribution >= 4 is 18.0 Å². The van der Waals surface area contributed by atoms with Gasteiger partial charge in [-0.25, -0.2) is 4.79 Å². The van der Waals surface area contributed by atoms with Gasteiger partial charge < -0.3 is 20.5 Å². The summed E-state index contributed by atoms with van der Waals surface area (Å²) in [6, 6.07) is 15.6. The van der Waals surface area contributed by atoms with E-state index in [1.54, 1.807) is 0 Å². The van der Waals surface area contributed by atoms with E-state index in [4.69, 9.17) is 9.84 Å². The number of benzene rings is 2. The Balaban J connectivity index is 1.52. The fourth-order valence-corrected chi connectivity index (χ4v) is 4.74. The van der Waals surface area contributed by atoms with Crippen molar-refractivity contribution < 1.29 is 24.2 Å². The number of hydrogen-bond acceptors (Lipinski definition) is 4. The van der Waals surface area contributed by atoms with Crippen LogP contribution in [-0.2, 0) is 14.3 Å². The van der Waals surface area contributed by atoms with Gasteiger partial charge >= 0.3 is 12.1 Å². The van der Waals surface area contributed by atoms with Crippen molar-refractivity contribution in [2.45, 2.75) is 64.3 Å². The topological polar surface area (TPSA) is 105 Å². The minimum absolute atomic E-state index is 0.0385. The van der Waals surface area contributed by atoms with Crippen LogP contribution in [-0.4, -0.2) is 42.3 Å². The second-order valence-corrected chi connectivity index (χ2v) is 9.10. The summed E-state index contributed by atoms with van der Waals surface area (Å²) < 4.78 is 5.60. The molecule has 0 bridgehead atoms. The van der Waals surface area contributed by atoms with Crippen LogP contribution >= 0.6 is 0 Å². The zero-order chi connectivity index (χ0) is 25.2. The minimum atomic E-state index is -0.803. The molecule has 2 amide bonds. The summed E-state index contributed by atoms with van der Waals surface area (Å²) in [5.74, 6) is -0.842. The van der Waals surface area contributed by atoms with Crippen LogP contribution < -0.4 is 10.6 Å². The molecule has 3 N–H and O–H groups in total. The second-order valence-electron chi connectivity index (χ2n) is 9.10. The van der Waals surface area contributed by atoms with Crippen LogP contribution in [0.25, 0.3) is 11.1 Å². The standard InChI is InChI=1S/C28H36N2O5/c1-3-9-25(27(33)29-17-16-19(4-2)14-15-26(31)32)30-28(34)35-18-24-22-12-7-5-10-20(22)21-11-6-8-13-23(21)24/h5-8,10-13,19,24-25H,3-4,9,14-18H2,1-2H3,(H,29,33)(H,30,34)(H,31,32). The number of carboxylic acid groups (broad SMARTS) is 1. The maximum absolute atomic E-state index is 12.7. The summed E-state index contributed by atoms with van der Waals surface area (Å²) in [6.45, 7) is 4.62. The predicted molar refractivity (Wildman–Crippen MR) is 135 cm³/mol. The van der Waals surface area contributed by atoms with E-state index in [0.717, 1.165) is 35.1 Å². The molecule has 0 spiro atoms. The largest absolute Gasteiger partial charge is 0.481 e. The van der Waals surface area contributed by atoms with Gasteiger partial charge in [0.05, 0.1) is 0 Å². The van der Waals surface area contributed by atoms with Gasteiger partial charge in [0, 0.05) is 18.9 Å². The first-order chi connectivity index (χ1) is 16.9. The van der Waals surface area contributed by atoms with Gasteiger partial charge in [0.2, 0.25) is 5.91 Å². The summed E-state index contributed by atoms with van der Waals surface area (Å²) in [7, 11) is 0. The van der Waals surface area contributed by atoms with E-state index in [9.17, 15) is 14.4 Å². The number of amides is 2. The molecule has 1 aliphatic carbocycles. The Kier molecular flexibility index (Phi) is 9.70. The molecule has 0 aliphatic heterocycles. The summed E-state index contributed by atoms with van der Waals surface area (Å²) in [5.41, 5.74) is 4.60. The molecule has 0 saturated heterocycles. The molecular formula is C28H36N2O5. The van der Waals surface area contributed by atoms with Crippen LogP contribution in [0.1, 0.15) is 69.4 Å². The smallest absolute Gasteiger partial charge is 0.407 e. The summed E-state index contributed by atoms with van der Waals surface area (Å²) in [5, 5.41) is 14.5. The lowest BCUT2D eigenvalue weighted by molar-refractivity contribution is -0.137. The van der Waals surface area contributed by atoms with Gasteiger partial charge in [0.25, 0.3) is 0 Å². The third-order valence-electron chi connectivity index (χ3n) is 6.73. The fourth-order valence-electron chi connectivity index (χ4n) is 4.74. The van der Waals surface area contributed by atoms with E-state index < -0.39 is 18.1 Å². The van der Waals surface area contributed by atoms with Gasteiger partial charge in [-0.2, -0.15) is 0 Å². The zero-order valence-corrected chi connectivity index (χ0v) is 20.6. The van der Waals surface area contributed by atoms with Gasteiger partial charge in [-0.05, 0) is 47.4 Å². The summed E-state index contributed by atoms with van der Waals surface area (Å²) in [4.78, 5) is 36.1. The van der Waals surface area contributed by atoms with E-state index >= 15 is 0 Å². The normalized spacial score (nSPS) is 13.9. The van der Waals surface area contributed by atoms with E-state index in [-0.39, 0.29) is 30.8 Å². The summed E-state index contributed by atoms with van der Waals surface area (Å²) in [6.07, 6.45) is 2.93. The molecule has 0 saturated carbocycles. The number of carboxylic acids is 1. The van der Waals surface area contributed by atoms with Crippen molar-refractivity contribution in [2.24, 2.45) is 5.92 Å². The lowest BCUT2D eigenvalue weighted by Crippen LogP contribution is -2.47. The van der Waals surface area contributed by atoms with Crippen LogP contribution in [0.4, 0.5) is 4.79 Å². The fraction of sp³-hybridized carbons (Fsp3) is 0.464. The molecule has 0 aromatic heterocycles. The molecule has 35 heavy (non-hydrogen) atoms. The number of aliphatic carboxylic acids is 1. The van der Waals surface area contributed by atoms with Crippen molar-refractivity contribution in [3.05, 3.63) is 59.7 Å². The van der Waals surface area contributed by atoms with Crippen LogP contribution in [0.5, 0.6) is 0 Å². The third kappa shape index (κ3) is 7.07. The van der Waals surface area contributed by atoms with Crippen LogP contribution in [0, 0.1) is 5.92 Å². The average Bonchev–Trinajstić information content (AvgIpc) is 3.18. The van der Waals surface area contributed by atoms with E-state index in [0.29, 0.717) is 25.8 Å². The molecule has 2 unspecified atom stereocenters. The highest BCUT2D eigenvalue weighted by Gasteiger charge is 2.29. The van der Waals surface area contributed by atoms with Crippen molar-refractivity contribution in [1.29, 1.82) is 0 Å². The molecule has 0 radical (unpaired) electrons. The van der Waals surface area contributed by atoms with Gasteiger partial charge in [-0.3, -0.25) is 9.59 Å². The number of nitrogens with one attached hydrogen (secondary N) is 2.